The van der Waals surface area contributed by atoms with Crippen LogP contribution in [-0.2, 0) is 42.2 Å². The summed E-state index contributed by atoms with van der Waals surface area (Å²) in [5, 5.41) is 39.9. The average molecular weight is 874 g/mol. The van der Waals surface area contributed by atoms with E-state index in [0.717, 1.165) is 64.2 Å². The number of aliphatic hydroxyl groups excluding tert-OH is 3. The molecule has 1 aliphatic rings. The first-order chi connectivity index (χ1) is 28.8. The molecule has 1 rings (SSSR count). The summed E-state index contributed by atoms with van der Waals surface area (Å²) in [6.45, 7) is 2.36. The van der Waals surface area contributed by atoms with Crippen LogP contribution in [-0.4, -0.2) is 99.8 Å². The van der Waals surface area contributed by atoms with E-state index in [1.165, 1.54) is 19.3 Å². The number of esters is 2. The van der Waals surface area contributed by atoms with Gasteiger partial charge in [-0.1, -0.05) is 114 Å². The fraction of sp³-hybridized carbons (Fsp3) is 0.750. The molecule has 0 bridgehead atoms. The highest BCUT2D eigenvalue weighted by atomic mass is 31.2. The van der Waals surface area contributed by atoms with E-state index < -0.39 is 82.3 Å². The van der Waals surface area contributed by atoms with Crippen LogP contribution in [0.25, 0.3) is 0 Å². The molecule has 8 atom stereocenters. The number of carbonyl (C=O) groups is 3. The lowest BCUT2D eigenvalue weighted by molar-refractivity contribution is -0.199. The van der Waals surface area contributed by atoms with Gasteiger partial charge in [0, 0.05) is 25.2 Å². The molecule has 2 unspecified atom stereocenters. The van der Waals surface area contributed by atoms with Crippen LogP contribution in [0.2, 0.25) is 0 Å². The molecular weight excluding hydrogens is 797 g/mol. The number of carboxylic acids is 1. The molecule has 1 saturated heterocycles. The Morgan fingerprint density at radius 3 is 2.08 bits per heavy atom. The quantitative estimate of drug-likeness (QED) is 0.0155. The molecule has 346 valence electrons. The number of rotatable bonds is 36. The number of allylic oxidation sites excluding steroid dienone is 6. The first-order valence-electron chi connectivity index (χ1n) is 22.1. The highest BCUT2D eigenvalue weighted by molar-refractivity contribution is 7.47. The Hall–Kier alpha value is -2.72. The second-order valence-electron chi connectivity index (χ2n) is 15.4. The summed E-state index contributed by atoms with van der Waals surface area (Å²) >= 11 is 0. The summed E-state index contributed by atoms with van der Waals surface area (Å²) in [4.78, 5) is 46.2. The first-order valence-corrected chi connectivity index (χ1v) is 23.6. The van der Waals surface area contributed by atoms with E-state index in [1.54, 1.807) is 12.2 Å². The molecule has 0 aromatic heterocycles. The molecule has 0 saturated carbocycles. The normalized spacial score (nSPS) is 21.1. The highest BCUT2D eigenvalue weighted by Gasteiger charge is 2.35. The lowest BCUT2D eigenvalue weighted by atomic mass is 9.87. The van der Waals surface area contributed by atoms with Crippen LogP contribution in [0, 0.1) is 5.92 Å². The monoisotopic (exact) mass is 874 g/mol. The molecule has 60 heavy (non-hydrogen) atoms. The molecule has 16 heteroatoms. The van der Waals surface area contributed by atoms with E-state index in [0.29, 0.717) is 32.1 Å². The molecule has 0 aliphatic carbocycles. The summed E-state index contributed by atoms with van der Waals surface area (Å²) in [6.07, 6.45) is 27.9. The number of carbonyl (C=O) groups excluding carboxylic acids is 2. The van der Waals surface area contributed by atoms with Gasteiger partial charge in [-0.05, 0) is 64.2 Å². The van der Waals surface area contributed by atoms with Crippen molar-refractivity contribution >= 4 is 25.7 Å². The molecule has 7 N–H and O–H groups in total. The van der Waals surface area contributed by atoms with Gasteiger partial charge in [0.25, 0.3) is 0 Å². The average Bonchev–Trinajstić information content (AvgIpc) is 3.20. The number of carboxylic acid groups (broad SMARTS) is 1. The Bertz CT molecular complexity index is 1320. The van der Waals surface area contributed by atoms with Gasteiger partial charge < -0.3 is 45.3 Å². The number of nitrogens with two attached hydrogens (primary N) is 1. The molecule has 15 nitrogen and oxygen atoms in total. The number of aliphatic hydroxyl groups is 3. The topological polar surface area (TPSA) is 242 Å². The number of phosphoric ester groups is 1. The first kappa shape index (κ1) is 55.3. The van der Waals surface area contributed by atoms with Crippen LogP contribution < -0.4 is 5.73 Å². The van der Waals surface area contributed by atoms with Crippen molar-refractivity contribution in [3.05, 3.63) is 48.6 Å². The molecule has 0 aromatic carbocycles. The second kappa shape index (κ2) is 34.8. The van der Waals surface area contributed by atoms with Gasteiger partial charge in [-0.15, -0.1) is 0 Å². The minimum atomic E-state index is -4.80. The largest absolute Gasteiger partial charge is 0.480 e. The standard InChI is InChI=1S/C44H76NO14P/c1-3-5-7-8-9-10-11-12-13-14-15-16-17-18-23-27-41(48)55-32-36(33-56-60(53,54)57-34-38(45)44(51)52)58-42(49)28-24-20-19-22-26-37-39(47)31-43(50)59-40(37)30-29-35(46)25-21-6-4-2/h9-10,12-13,19,22,29-30,35-40,43,46-47,50H,3-8,11,14-18,20-21,23-28,31-34,45H2,1-2H3,(H,51,52)(H,53,54)/b10-9-,13-12-,22-19-,30-29+/t35-,36+,37-,38-,39-,40+,43?/m0/s1. The van der Waals surface area contributed by atoms with Gasteiger partial charge in [0.1, 0.15) is 12.6 Å². The van der Waals surface area contributed by atoms with Crippen LogP contribution >= 0.6 is 7.82 Å². The summed E-state index contributed by atoms with van der Waals surface area (Å²) in [7, 11) is -4.80. The van der Waals surface area contributed by atoms with Crippen molar-refractivity contribution in [1.29, 1.82) is 0 Å². The lowest BCUT2D eigenvalue weighted by Crippen LogP contribution is -2.43. The zero-order valence-electron chi connectivity index (χ0n) is 36.1. The third kappa shape index (κ3) is 29.5. The summed E-state index contributed by atoms with van der Waals surface area (Å²) in [5.74, 6) is -2.99. The van der Waals surface area contributed by atoms with Crippen molar-refractivity contribution in [3.8, 4) is 0 Å². The fourth-order valence-corrected chi connectivity index (χ4v) is 7.03. The molecule has 0 amide bonds. The molecule has 0 radical (unpaired) electrons. The van der Waals surface area contributed by atoms with Gasteiger partial charge in [0.05, 0.1) is 31.5 Å². The predicted molar refractivity (Wildman–Crippen MR) is 229 cm³/mol. The SMILES string of the molecule is CCCCC/C=C\C/C=C\CCCCCCCC(=O)OC[C@H](COP(=O)(O)OC[C@H](N)C(=O)O)OC(=O)CCC/C=C\C[C@H]1[C@@H](O)CC(O)O[C@@H]1/C=C/[C@@H](O)CCCCC. The van der Waals surface area contributed by atoms with Gasteiger partial charge >= 0.3 is 25.7 Å². The van der Waals surface area contributed by atoms with Crippen LogP contribution in [0.4, 0.5) is 0 Å². The molecule has 1 fully saturated rings. The Balaban J connectivity index is 2.56. The van der Waals surface area contributed by atoms with Gasteiger partial charge in [-0.25, -0.2) is 4.57 Å². The van der Waals surface area contributed by atoms with E-state index in [4.69, 9.17) is 29.6 Å². The van der Waals surface area contributed by atoms with Crippen molar-refractivity contribution in [2.45, 2.75) is 185 Å². The molecule has 1 heterocycles. The molecule has 0 aromatic rings. The second-order valence-corrected chi connectivity index (χ2v) is 16.8. The number of phosphoric acid groups is 1. The van der Waals surface area contributed by atoms with E-state index in [1.807, 2.05) is 12.2 Å². The van der Waals surface area contributed by atoms with Crippen LogP contribution in [0.5, 0.6) is 0 Å². The Labute approximate surface area is 358 Å². The van der Waals surface area contributed by atoms with Crippen LogP contribution in [0.3, 0.4) is 0 Å². The molecule has 1 aliphatic heterocycles. The number of ether oxygens (including phenoxy) is 3. The van der Waals surface area contributed by atoms with E-state index >= 15 is 0 Å². The van der Waals surface area contributed by atoms with E-state index in [-0.39, 0.29) is 25.2 Å². The smallest absolute Gasteiger partial charge is 0.472 e. The van der Waals surface area contributed by atoms with Crippen molar-refractivity contribution in [3.63, 3.8) is 0 Å². The van der Waals surface area contributed by atoms with Crippen LogP contribution in [0.15, 0.2) is 48.6 Å². The van der Waals surface area contributed by atoms with Gasteiger partial charge in [-0.3, -0.25) is 23.4 Å². The predicted octanol–water partition coefficient (Wildman–Crippen LogP) is 7.50. The maximum atomic E-state index is 12.8. The maximum Gasteiger partial charge on any atom is 0.472 e. The minimum Gasteiger partial charge on any atom is -0.480 e. The highest BCUT2D eigenvalue weighted by Crippen LogP contribution is 2.43. The lowest BCUT2D eigenvalue weighted by Gasteiger charge is -2.36. The zero-order chi connectivity index (χ0) is 44.4. The van der Waals surface area contributed by atoms with Gasteiger partial charge in [0.15, 0.2) is 12.4 Å². The van der Waals surface area contributed by atoms with Gasteiger partial charge in [0.2, 0.25) is 0 Å². The van der Waals surface area contributed by atoms with E-state index in [9.17, 15) is 39.2 Å². The molecular formula is C44H76NO14P. The number of hydrogen-bond acceptors (Lipinski definition) is 13. The number of aliphatic carboxylic acids is 1. The Morgan fingerprint density at radius 1 is 0.783 bits per heavy atom. The van der Waals surface area contributed by atoms with E-state index in [2.05, 4.69) is 42.7 Å². The summed E-state index contributed by atoms with van der Waals surface area (Å²) in [6, 6.07) is -1.57. The van der Waals surface area contributed by atoms with Crippen molar-refractivity contribution < 1.29 is 67.5 Å². The van der Waals surface area contributed by atoms with Crippen molar-refractivity contribution in [2.75, 3.05) is 19.8 Å². The maximum absolute atomic E-state index is 12.8. The third-order valence-corrected chi connectivity index (χ3v) is 10.8. The molecule has 0 spiro atoms. The third-order valence-electron chi connectivity index (χ3n) is 9.84. The number of unbranched alkanes of at least 4 members (excludes halogenated alkanes) is 11. The zero-order valence-corrected chi connectivity index (χ0v) is 37.0. The summed E-state index contributed by atoms with van der Waals surface area (Å²) < 4.78 is 38.3. The number of hydrogen-bond donors (Lipinski definition) is 6. The Kier molecular flexibility index (Phi) is 32.1. The van der Waals surface area contributed by atoms with Crippen molar-refractivity contribution in [2.24, 2.45) is 11.7 Å². The Morgan fingerprint density at radius 2 is 1.38 bits per heavy atom. The fourth-order valence-electron chi connectivity index (χ4n) is 6.25. The minimum absolute atomic E-state index is 0.0376. The van der Waals surface area contributed by atoms with Crippen LogP contribution in [0.1, 0.15) is 149 Å². The van der Waals surface area contributed by atoms with Crippen molar-refractivity contribution in [1.82, 2.24) is 0 Å². The summed E-state index contributed by atoms with van der Waals surface area (Å²) in [5.41, 5.74) is 5.33. The van der Waals surface area contributed by atoms with Gasteiger partial charge in [-0.2, -0.15) is 0 Å².